The molecule has 1 aromatic carbocycles. The van der Waals surface area contributed by atoms with E-state index in [2.05, 4.69) is 41.1 Å². The molecule has 0 bridgehead atoms. The van der Waals surface area contributed by atoms with Gasteiger partial charge < -0.3 is 15.0 Å². The fourth-order valence-corrected chi connectivity index (χ4v) is 3.17. The van der Waals surface area contributed by atoms with Gasteiger partial charge >= 0.3 is 0 Å². The minimum atomic E-state index is -0.434. The van der Waals surface area contributed by atoms with E-state index in [4.69, 9.17) is 5.73 Å². The Morgan fingerprint density at radius 3 is 2.56 bits per heavy atom. The average Bonchev–Trinajstić information content (AvgIpc) is 2.89. The number of nitrogens with two attached hydrogens (primary N) is 1. The zero-order valence-electron chi connectivity index (χ0n) is 15.2. The summed E-state index contributed by atoms with van der Waals surface area (Å²) >= 11 is 0. The predicted octanol–water partition coefficient (Wildman–Crippen LogP) is 3.25. The van der Waals surface area contributed by atoms with Gasteiger partial charge in [0.15, 0.2) is 5.65 Å². The van der Waals surface area contributed by atoms with E-state index in [1.54, 1.807) is 6.20 Å². The molecule has 2 N–H and O–H groups in total. The summed E-state index contributed by atoms with van der Waals surface area (Å²) in [5.74, 6) is -0.434. The number of nitrogens with zero attached hydrogens (tertiary/aromatic N) is 3. The molecule has 0 aliphatic heterocycles. The molecular formula is C20H24N4O. The van der Waals surface area contributed by atoms with Crippen LogP contribution in [0.2, 0.25) is 0 Å². The zero-order valence-corrected chi connectivity index (χ0v) is 15.2. The molecule has 5 nitrogen and oxygen atoms in total. The van der Waals surface area contributed by atoms with Gasteiger partial charge in [-0.05, 0) is 37.5 Å². The first-order valence-electron chi connectivity index (χ1n) is 8.49. The number of imidazole rings is 1. The molecule has 130 valence electrons. The lowest BCUT2D eigenvalue weighted by atomic mass is 10.0. The lowest BCUT2D eigenvalue weighted by Crippen LogP contribution is -2.20. The predicted molar refractivity (Wildman–Crippen MR) is 101 cm³/mol. The molecule has 5 heteroatoms. The molecule has 0 spiro atoms. The quantitative estimate of drug-likeness (QED) is 0.778. The van der Waals surface area contributed by atoms with Crippen molar-refractivity contribution in [2.75, 3.05) is 11.9 Å². The van der Waals surface area contributed by atoms with Crippen LogP contribution >= 0.6 is 0 Å². The highest BCUT2D eigenvalue weighted by molar-refractivity contribution is 5.94. The summed E-state index contributed by atoms with van der Waals surface area (Å²) in [6.07, 6.45) is 2.76. The molecule has 25 heavy (non-hydrogen) atoms. The van der Waals surface area contributed by atoms with Crippen molar-refractivity contribution in [3.8, 4) is 0 Å². The number of carbonyl (C=O) groups is 1. The summed E-state index contributed by atoms with van der Waals surface area (Å²) in [4.78, 5) is 18.6. The van der Waals surface area contributed by atoms with Gasteiger partial charge in [-0.3, -0.25) is 4.79 Å². The molecule has 0 radical (unpaired) electrons. The second-order valence-electron chi connectivity index (χ2n) is 6.43. The maximum absolute atomic E-state index is 11.8. The largest absolute Gasteiger partial charge is 0.367 e. The van der Waals surface area contributed by atoms with Crippen molar-refractivity contribution in [2.45, 2.75) is 33.7 Å². The molecule has 0 saturated carbocycles. The normalized spacial score (nSPS) is 11.0. The van der Waals surface area contributed by atoms with Gasteiger partial charge in [-0.25, -0.2) is 4.98 Å². The Bertz CT molecular complexity index is 942. The van der Waals surface area contributed by atoms with E-state index in [9.17, 15) is 4.79 Å². The smallest absolute Gasteiger partial charge is 0.250 e. The second kappa shape index (κ2) is 6.59. The summed E-state index contributed by atoms with van der Waals surface area (Å²) in [6.45, 7) is 6.87. The fraction of sp³-hybridized carbons (Fsp3) is 0.300. The Morgan fingerprint density at radius 2 is 1.92 bits per heavy atom. The van der Waals surface area contributed by atoms with E-state index in [0.717, 1.165) is 35.7 Å². The van der Waals surface area contributed by atoms with Crippen LogP contribution in [-0.4, -0.2) is 22.3 Å². The van der Waals surface area contributed by atoms with E-state index in [-0.39, 0.29) is 0 Å². The van der Waals surface area contributed by atoms with E-state index >= 15 is 0 Å². The van der Waals surface area contributed by atoms with Crippen LogP contribution in [0.1, 0.15) is 39.8 Å². The number of amides is 1. The SMILES string of the molecule is CCc1ccccc1CN(C)c1cc(C(N)=O)cn2c(C)c(C)nc12. The number of benzene rings is 1. The summed E-state index contributed by atoms with van der Waals surface area (Å²) in [5, 5.41) is 0. The first kappa shape index (κ1) is 17.0. The summed E-state index contributed by atoms with van der Waals surface area (Å²) in [5.41, 5.74) is 12.3. The molecule has 0 aliphatic carbocycles. The molecule has 0 atom stereocenters. The van der Waals surface area contributed by atoms with Crippen molar-refractivity contribution in [3.63, 3.8) is 0 Å². The van der Waals surface area contributed by atoms with Gasteiger partial charge in [0.05, 0.1) is 16.9 Å². The minimum absolute atomic E-state index is 0.434. The Hall–Kier alpha value is -2.82. The van der Waals surface area contributed by atoms with Crippen LogP contribution in [0.3, 0.4) is 0 Å². The van der Waals surface area contributed by atoms with Gasteiger partial charge in [0.1, 0.15) is 0 Å². The van der Waals surface area contributed by atoms with Gasteiger partial charge in [0.25, 0.3) is 0 Å². The molecule has 0 fully saturated rings. The maximum Gasteiger partial charge on any atom is 0.250 e. The van der Waals surface area contributed by atoms with Gasteiger partial charge in [0, 0.05) is 25.5 Å². The van der Waals surface area contributed by atoms with E-state index in [0.29, 0.717) is 5.56 Å². The van der Waals surface area contributed by atoms with Crippen LogP contribution < -0.4 is 10.6 Å². The van der Waals surface area contributed by atoms with Crippen LogP contribution in [0.5, 0.6) is 0 Å². The number of hydrogen-bond donors (Lipinski definition) is 1. The Morgan fingerprint density at radius 1 is 1.24 bits per heavy atom. The molecule has 0 aliphatic rings. The van der Waals surface area contributed by atoms with Gasteiger partial charge in [-0.2, -0.15) is 0 Å². The fourth-order valence-electron chi connectivity index (χ4n) is 3.17. The van der Waals surface area contributed by atoms with Gasteiger partial charge in [0.2, 0.25) is 5.91 Å². The van der Waals surface area contributed by atoms with Crippen LogP contribution in [0, 0.1) is 13.8 Å². The first-order chi connectivity index (χ1) is 11.9. The number of anilines is 1. The molecule has 0 saturated heterocycles. The molecule has 3 aromatic rings. The van der Waals surface area contributed by atoms with Gasteiger partial charge in [-0.1, -0.05) is 31.2 Å². The second-order valence-corrected chi connectivity index (χ2v) is 6.43. The monoisotopic (exact) mass is 336 g/mol. The van der Waals surface area contributed by atoms with Crippen molar-refractivity contribution in [3.05, 3.63) is 64.6 Å². The van der Waals surface area contributed by atoms with Crippen LogP contribution in [0.4, 0.5) is 5.69 Å². The highest BCUT2D eigenvalue weighted by atomic mass is 16.1. The maximum atomic E-state index is 11.8. The lowest BCUT2D eigenvalue weighted by molar-refractivity contribution is 0.1000. The number of carbonyl (C=O) groups excluding carboxylic acids is 1. The summed E-state index contributed by atoms with van der Waals surface area (Å²) in [6, 6.07) is 10.3. The van der Waals surface area contributed by atoms with Crippen molar-refractivity contribution in [1.29, 1.82) is 0 Å². The van der Waals surface area contributed by atoms with Crippen molar-refractivity contribution < 1.29 is 4.79 Å². The van der Waals surface area contributed by atoms with Gasteiger partial charge in [-0.15, -0.1) is 0 Å². The number of aryl methyl sites for hydroxylation is 3. The van der Waals surface area contributed by atoms with Crippen LogP contribution in [0.15, 0.2) is 36.5 Å². The lowest BCUT2D eigenvalue weighted by Gasteiger charge is -2.22. The van der Waals surface area contributed by atoms with Crippen molar-refractivity contribution >= 4 is 17.2 Å². The van der Waals surface area contributed by atoms with Crippen molar-refractivity contribution in [2.24, 2.45) is 5.73 Å². The summed E-state index contributed by atoms with van der Waals surface area (Å²) < 4.78 is 1.95. The van der Waals surface area contributed by atoms with Crippen LogP contribution in [0.25, 0.3) is 5.65 Å². The van der Waals surface area contributed by atoms with Crippen molar-refractivity contribution in [1.82, 2.24) is 9.38 Å². The third-order valence-corrected chi connectivity index (χ3v) is 4.78. The minimum Gasteiger partial charge on any atom is -0.367 e. The van der Waals surface area contributed by atoms with E-state index < -0.39 is 5.91 Å². The average molecular weight is 336 g/mol. The number of fused-ring (bicyclic) bond motifs is 1. The Kier molecular flexibility index (Phi) is 4.49. The third-order valence-electron chi connectivity index (χ3n) is 4.78. The Balaban J connectivity index is 2.10. The molecule has 0 unspecified atom stereocenters. The standard InChI is InChI=1S/C20H24N4O/c1-5-15-8-6-7-9-16(15)11-23(4)18-10-17(19(21)25)12-24-14(3)13(2)22-20(18)24/h6-10,12H,5,11H2,1-4H3,(H2,21,25). The molecular weight excluding hydrogens is 312 g/mol. The number of aromatic nitrogens is 2. The molecule has 3 rings (SSSR count). The number of hydrogen-bond acceptors (Lipinski definition) is 3. The first-order valence-corrected chi connectivity index (χ1v) is 8.49. The zero-order chi connectivity index (χ0) is 18.1. The summed E-state index contributed by atoms with van der Waals surface area (Å²) in [7, 11) is 2.02. The van der Waals surface area contributed by atoms with Crippen LogP contribution in [-0.2, 0) is 13.0 Å². The third kappa shape index (κ3) is 3.09. The number of pyridine rings is 1. The highest BCUT2D eigenvalue weighted by Gasteiger charge is 2.16. The van der Waals surface area contributed by atoms with E-state index in [1.807, 2.05) is 31.4 Å². The molecule has 2 aromatic heterocycles. The molecule has 1 amide bonds. The van der Waals surface area contributed by atoms with E-state index in [1.165, 1.54) is 11.1 Å². The molecule has 2 heterocycles. The number of rotatable bonds is 5. The topological polar surface area (TPSA) is 63.6 Å². The number of primary amides is 1. The highest BCUT2D eigenvalue weighted by Crippen LogP contribution is 2.26. The Labute approximate surface area is 148 Å².